The average molecular weight is 358 g/mol. The first-order valence-electron chi connectivity index (χ1n) is 6.26. The van der Waals surface area contributed by atoms with Crippen LogP contribution in [0.25, 0.3) is 0 Å². The minimum absolute atomic E-state index is 0.0373. The number of benzene rings is 1. The van der Waals surface area contributed by atoms with E-state index < -0.39 is 5.97 Å². The van der Waals surface area contributed by atoms with E-state index in [0.717, 1.165) is 5.75 Å². The van der Waals surface area contributed by atoms with Crippen LogP contribution in [0.3, 0.4) is 0 Å². The summed E-state index contributed by atoms with van der Waals surface area (Å²) in [7, 11) is 0. The first kappa shape index (κ1) is 15.4. The summed E-state index contributed by atoms with van der Waals surface area (Å²) in [6.45, 7) is 5.59. The van der Waals surface area contributed by atoms with Crippen LogP contribution in [0, 0.1) is 0 Å². The lowest BCUT2D eigenvalue weighted by Crippen LogP contribution is -2.46. The molecule has 0 saturated carbocycles. The van der Waals surface area contributed by atoms with Crippen molar-refractivity contribution in [2.45, 2.75) is 18.6 Å². The summed E-state index contributed by atoms with van der Waals surface area (Å²) in [4.78, 5) is 25.4. The molecule has 1 aliphatic rings. The predicted octanol–water partition coefficient (Wildman–Crippen LogP) is 3.11. The molecular weight excluding hydrogens is 342 g/mol. The van der Waals surface area contributed by atoms with Gasteiger partial charge in [0.15, 0.2) is 0 Å². The Morgan fingerprint density at radius 3 is 2.55 bits per heavy atom. The van der Waals surface area contributed by atoms with E-state index in [0.29, 0.717) is 23.1 Å². The quantitative estimate of drug-likeness (QED) is 0.883. The molecule has 1 heterocycles. The highest BCUT2D eigenvalue weighted by Crippen LogP contribution is 2.30. The molecule has 0 aliphatic carbocycles. The van der Waals surface area contributed by atoms with Gasteiger partial charge in [-0.25, -0.2) is 4.79 Å². The van der Waals surface area contributed by atoms with Crippen molar-refractivity contribution >= 4 is 39.6 Å². The van der Waals surface area contributed by atoms with E-state index in [1.807, 2.05) is 11.8 Å². The molecule has 0 unspecified atom stereocenters. The van der Waals surface area contributed by atoms with Gasteiger partial charge in [0.1, 0.15) is 0 Å². The number of carbonyl (C=O) groups excluding carboxylic acids is 1. The first-order chi connectivity index (χ1) is 9.28. The molecule has 0 radical (unpaired) electrons. The second-order valence-electron chi connectivity index (χ2n) is 5.37. The molecule has 4 nitrogen and oxygen atoms in total. The number of carboxylic acids is 1. The Morgan fingerprint density at radius 1 is 1.30 bits per heavy atom. The van der Waals surface area contributed by atoms with Crippen LogP contribution >= 0.6 is 27.7 Å². The minimum atomic E-state index is -1.03. The lowest BCUT2D eigenvalue weighted by Gasteiger charge is -2.37. The van der Waals surface area contributed by atoms with Crippen LogP contribution in [-0.2, 0) is 0 Å². The maximum atomic E-state index is 12.5. The Hall–Kier alpha value is -1.01. The number of nitrogens with zero attached hydrogens (tertiary/aromatic N) is 1. The van der Waals surface area contributed by atoms with Crippen molar-refractivity contribution in [2.75, 3.05) is 18.8 Å². The number of hydrogen-bond donors (Lipinski definition) is 1. The summed E-state index contributed by atoms with van der Waals surface area (Å²) in [5.74, 6) is -0.240. The van der Waals surface area contributed by atoms with E-state index in [4.69, 9.17) is 5.11 Å². The highest BCUT2D eigenvalue weighted by Gasteiger charge is 2.30. The van der Waals surface area contributed by atoms with Crippen LogP contribution in [0.5, 0.6) is 0 Å². The molecule has 6 heteroatoms. The fourth-order valence-corrected chi connectivity index (χ4v) is 3.81. The molecular formula is C14H16BrNO3S. The Kier molecular flexibility index (Phi) is 4.44. The number of amides is 1. The maximum Gasteiger partial charge on any atom is 0.335 e. The molecule has 1 aromatic carbocycles. The lowest BCUT2D eigenvalue weighted by molar-refractivity contribution is 0.0696. The third kappa shape index (κ3) is 3.55. The molecule has 2 rings (SSSR count). The van der Waals surface area contributed by atoms with Crippen molar-refractivity contribution in [1.29, 1.82) is 0 Å². The van der Waals surface area contributed by atoms with E-state index >= 15 is 0 Å². The molecule has 20 heavy (non-hydrogen) atoms. The van der Waals surface area contributed by atoms with Crippen molar-refractivity contribution in [1.82, 2.24) is 4.90 Å². The molecule has 1 fully saturated rings. The van der Waals surface area contributed by atoms with Gasteiger partial charge in [0, 0.05) is 33.6 Å². The third-order valence-electron chi connectivity index (χ3n) is 3.10. The number of rotatable bonds is 2. The molecule has 0 bridgehead atoms. The molecule has 0 aromatic heterocycles. The maximum absolute atomic E-state index is 12.5. The van der Waals surface area contributed by atoms with E-state index in [2.05, 4.69) is 29.8 Å². The van der Waals surface area contributed by atoms with Crippen LogP contribution in [0.15, 0.2) is 22.7 Å². The van der Waals surface area contributed by atoms with Gasteiger partial charge in [-0.15, -0.1) is 0 Å². The van der Waals surface area contributed by atoms with Crippen molar-refractivity contribution in [3.63, 3.8) is 0 Å². The van der Waals surface area contributed by atoms with E-state index in [1.165, 1.54) is 12.1 Å². The Labute approximate surface area is 130 Å². The summed E-state index contributed by atoms with van der Waals surface area (Å²) >= 11 is 5.11. The van der Waals surface area contributed by atoms with E-state index in [-0.39, 0.29) is 16.2 Å². The zero-order chi connectivity index (χ0) is 14.9. The Balaban J connectivity index is 2.27. The average Bonchev–Trinajstić information content (AvgIpc) is 2.35. The largest absolute Gasteiger partial charge is 0.478 e. The van der Waals surface area contributed by atoms with Gasteiger partial charge >= 0.3 is 5.97 Å². The highest BCUT2D eigenvalue weighted by atomic mass is 79.9. The van der Waals surface area contributed by atoms with Crippen molar-refractivity contribution < 1.29 is 14.7 Å². The summed E-state index contributed by atoms with van der Waals surface area (Å²) < 4.78 is 0.640. The van der Waals surface area contributed by atoms with Crippen LogP contribution in [-0.4, -0.2) is 45.5 Å². The monoisotopic (exact) mass is 357 g/mol. The second-order valence-corrected chi connectivity index (χ2v) is 8.09. The summed E-state index contributed by atoms with van der Waals surface area (Å²) in [5, 5.41) is 9.06. The fraction of sp³-hybridized carbons (Fsp3) is 0.429. The van der Waals surface area contributed by atoms with Crippen LogP contribution in [0.2, 0.25) is 0 Å². The van der Waals surface area contributed by atoms with Crippen molar-refractivity contribution in [3.05, 3.63) is 33.8 Å². The van der Waals surface area contributed by atoms with Crippen LogP contribution in [0.1, 0.15) is 34.6 Å². The zero-order valence-corrected chi connectivity index (χ0v) is 13.8. The minimum Gasteiger partial charge on any atom is -0.478 e. The molecule has 1 saturated heterocycles. The standard InChI is InChI=1S/C14H16BrNO3S/c1-14(2)8-16(3-4-20-14)12(17)9-5-10(13(18)19)7-11(15)6-9/h5-7H,3-4,8H2,1-2H3,(H,18,19). The molecule has 108 valence electrons. The van der Waals surface area contributed by atoms with Crippen molar-refractivity contribution in [2.24, 2.45) is 0 Å². The predicted molar refractivity (Wildman–Crippen MR) is 83.5 cm³/mol. The molecule has 0 atom stereocenters. The van der Waals surface area contributed by atoms with Gasteiger partial charge < -0.3 is 10.0 Å². The van der Waals surface area contributed by atoms with Gasteiger partial charge in [0.05, 0.1) is 5.56 Å². The molecule has 1 aromatic rings. The van der Waals surface area contributed by atoms with Gasteiger partial charge in [-0.1, -0.05) is 15.9 Å². The SMILES string of the molecule is CC1(C)CN(C(=O)c2cc(Br)cc(C(=O)O)c2)CCS1. The number of carbonyl (C=O) groups is 2. The lowest BCUT2D eigenvalue weighted by atomic mass is 10.1. The molecule has 1 amide bonds. The first-order valence-corrected chi connectivity index (χ1v) is 8.03. The summed E-state index contributed by atoms with van der Waals surface area (Å²) in [5.41, 5.74) is 0.535. The Bertz CT molecular complexity index is 559. The normalized spacial score (nSPS) is 17.9. The van der Waals surface area contributed by atoms with Gasteiger partial charge in [0.2, 0.25) is 0 Å². The number of aromatic carboxylic acids is 1. The summed E-state index contributed by atoms with van der Waals surface area (Å²) in [6.07, 6.45) is 0. The molecule has 1 aliphatic heterocycles. The van der Waals surface area contributed by atoms with Gasteiger partial charge in [0.25, 0.3) is 5.91 Å². The van der Waals surface area contributed by atoms with Crippen molar-refractivity contribution in [3.8, 4) is 0 Å². The fourth-order valence-electron chi connectivity index (χ4n) is 2.21. The van der Waals surface area contributed by atoms with Gasteiger partial charge in [-0.3, -0.25) is 4.79 Å². The van der Waals surface area contributed by atoms with E-state index in [1.54, 1.807) is 11.0 Å². The van der Waals surface area contributed by atoms with Crippen LogP contribution < -0.4 is 0 Å². The Morgan fingerprint density at radius 2 is 1.95 bits per heavy atom. The van der Waals surface area contributed by atoms with Crippen LogP contribution in [0.4, 0.5) is 0 Å². The zero-order valence-electron chi connectivity index (χ0n) is 11.4. The number of hydrogen-bond acceptors (Lipinski definition) is 3. The third-order valence-corrected chi connectivity index (χ3v) is 4.86. The molecule has 1 N–H and O–H groups in total. The van der Waals surface area contributed by atoms with Gasteiger partial charge in [-0.2, -0.15) is 11.8 Å². The highest BCUT2D eigenvalue weighted by molar-refractivity contribution is 9.10. The van der Waals surface area contributed by atoms with E-state index in [9.17, 15) is 9.59 Å². The van der Waals surface area contributed by atoms with Gasteiger partial charge in [-0.05, 0) is 32.0 Å². The summed E-state index contributed by atoms with van der Waals surface area (Å²) in [6, 6.07) is 4.60. The number of thioether (sulfide) groups is 1. The number of halogens is 1. The topological polar surface area (TPSA) is 57.6 Å². The second kappa shape index (κ2) is 5.77. The number of carboxylic acid groups (broad SMARTS) is 1. The molecule has 0 spiro atoms. The smallest absolute Gasteiger partial charge is 0.335 e.